The third-order valence-electron chi connectivity index (χ3n) is 3.42. The van der Waals surface area contributed by atoms with Crippen LogP contribution in [0.5, 0.6) is 0 Å². The Labute approximate surface area is 139 Å². The number of nitrogens with zero attached hydrogens (tertiary/aromatic N) is 2. The van der Waals surface area contributed by atoms with E-state index in [1.165, 1.54) is 12.1 Å². The average molecular weight is 348 g/mol. The van der Waals surface area contributed by atoms with E-state index in [0.29, 0.717) is 0 Å². The van der Waals surface area contributed by atoms with Gasteiger partial charge in [-0.3, -0.25) is 15.1 Å². The summed E-state index contributed by atoms with van der Waals surface area (Å²) >= 11 is 0. The number of aromatic carboxylic acids is 2. The standard InChI is InChI=1S/C15H12N2O8/c18-5-9-12(14(20)21)11(13(15(22)23)10(6-19)16-9)7-2-1-3-8(4-7)17(24)25/h1-4,18-19H,5-6H2,(H,20,21)(H,22,23). The molecule has 1 aromatic heterocycles. The second-order valence-corrected chi connectivity index (χ2v) is 4.86. The number of hydrogen-bond donors (Lipinski definition) is 4. The molecule has 0 aliphatic carbocycles. The number of pyridine rings is 1. The number of aromatic nitrogens is 1. The Balaban J connectivity index is 2.99. The maximum Gasteiger partial charge on any atom is 0.338 e. The molecular formula is C15H12N2O8. The summed E-state index contributed by atoms with van der Waals surface area (Å²) in [5.74, 6) is -3.13. The van der Waals surface area contributed by atoms with Crippen molar-refractivity contribution in [1.29, 1.82) is 0 Å². The number of aliphatic hydroxyl groups excluding tert-OH is 2. The van der Waals surface area contributed by atoms with E-state index in [1.54, 1.807) is 0 Å². The number of rotatable bonds is 6. The van der Waals surface area contributed by atoms with Crippen molar-refractivity contribution in [2.45, 2.75) is 13.2 Å². The normalized spacial score (nSPS) is 10.5. The van der Waals surface area contributed by atoms with Gasteiger partial charge in [-0.2, -0.15) is 0 Å². The Morgan fingerprint density at radius 1 is 1.04 bits per heavy atom. The van der Waals surface area contributed by atoms with Crippen molar-refractivity contribution in [1.82, 2.24) is 4.98 Å². The molecule has 0 saturated heterocycles. The van der Waals surface area contributed by atoms with Gasteiger partial charge in [-0.05, 0) is 5.56 Å². The molecule has 0 atom stereocenters. The van der Waals surface area contributed by atoms with Gasteiger partial charge in [0.1, 0.15) is 0 Å². The van der Waals surface area contributed by atoms with Crippen LogP contribution in [0, 0.1) is 10.1 Å². The molecule has 130 valence electrons. The number of hydrogen-bond acceptors (Lipinski definition) is 7. The van der Waals surface area contributed by atoms with Crippen LogP contribution in [0.1, 0.15) is 32.1 Å². The van der Waals surface area contributed by atoms with E-state index in [2.05, 4.69) is 4.98 Å². The quantitative estimate of drug-likeness (QED) is 0.439. The molecule has 2 aromatic rings. The van der Waals surface area contributed by atoms with E-state index in [-0.39, 0.29) is 28.2 Å². The van der Waals surface area contributed by atoms with Gasteiger partial charge >= 0.3 is 11.9 Å². The number of carboxylic acids is 2. The molecule has 10 nitrogen and oxygen atoms in total. The lowest BCUT2D eigenvalue weighted by Gasteiger charge is -2.16. The smallest absolute Gasteiger partial charge is 0.338 e. The Hall–Kier alpha value is -3.37. The second kappa shape index (κ2) is 7.03. The summed E-state index contributed by atoms with van der Waals surface area (Å²) in [6.45, 7) is -1.65. The summed E-state index contributed by atoms with van der Waals surface area (Å²) in [7, 11) is 0. The number of benzene rings is 1. The largest absolute Gasteiger partial charge is 0.478 e. The predicted molar refractivity (Wildman–Crippen MR) is 82.1 cm³/mol. The zero-order valence-corrected chi connectivity index (χ0v) is 12.5. The monoisotopic (exact) mass is 348 g/mol. The maximum atomic E-state index is 11.6. The first kappa shape index (κ1) is 18.0. The number of non-ortho nitro benzene ring substituents is 1. The summed E-state index contributed by atoms with van der Waals surface area (Å²) < 4.78 is 0. The molecule has 0 bridgehead atoms. The zero-order chi connectivity index (χ0) is 18.7. The van der Waals surface area contributed by atoms with E-state index in [9.17, 15) is 40.1 Å². The van der Waals surface area contributed by atoms with Crippen LogP contribution >= 0.6 is 0 Å². The zero-order valence-electron chi connectivity index (χ0n) is 12.5. The highest BCUT2D eigenvalue weighted by Gasteiger charge is 2.28. The molecule has 0 fully saturated rings. The van der Waals surface area contributed by atoms with Gasteiger partial charge in [0.2, 0.25) is 0 Å². The number of nitro benzene ring substituents is 1. The SMILES string of the molecule is O=C(O)c1c(CO)nc(CO)c(C(=O)O)c1-c1cccc([N+](=O)[O-])c1. The third-order valence-corrected chi connectivity index (χ3v) is 3.42. The van der Waals surface area contributed by atoms with Gasteiger partial charge in [-0.1, -0.05) is 12.1 Å². The fourth-order valence-electron chi connectivity index (χ4n) is 2.44. The summed E-state index contributed by atoms with van der Waals surface area (Å²) in [6.07, 6.45) is 0. The minimum Gasteiger partial charge on any atom is -0.478 e. The molecular weight excluding hydrogens is 336 g/mol. The lowest BCUT2D eigenvalue weighted by molar-refractivity contribution is -0.384. The highest BCUT2D eigenvalue weighted by atomic mass is 16.6. The van der Waals surface area contributed by atoms with E-state index in [4.69, 9.17) is 0 Å². The van der Waals surface area contributed by atoms with Gasteiger partial charge in [-0.15, -0.1) is 0 Å². The first-order valence-corrected chi connectivity index (χ1v) is 6.80. The van der Waals surface area contributed by atoms with Crippen LogP contribution in [0.2, 0.25) is 0 Å². The van der Waals surface area contributed by atoms with E-state index < -0.39 is 41.2 Å². The lowest BCUT2D eigenvalue weighted by atomic mass is 9.92. The molecule has 0 amide bonds. The van der Waals surface area contributed by atoms with Gasteiger partial charge in [0.05, 0.1) is 40.7 Å². The van der Waals surface area contributed by atoms with Crippen LogP contribution in [0.3, 0.4) is 0 Å². The van der Waals surface area contributed by atoms with Gasteiger partial charge in [0.25, 0.3) is 5.69 Å². The van der Waals surface area contributed by atoms with E-state index >= 15 is 0 Å². The Bertz CT molecular complexity index is 838. The minimum atomic E-state index is -1.56. The number of nitro groups is 1. The molecule has 0 unspecified atom stereocenters. The highest BCUT2D eigenvalue weighted by Crippen LogP contribution is 2.33. The van der Waals surface area contributed by atoms with Gasteiger partial charge < -0.3 is 20.4 Å². The van der Waals surface area contributed by atoms with Crippen LogP contribution in [0.4, 0.5) is 5.69 Å². The molecule has 2 rings (SSSR count). The van der Waals surface area contributed by atoms with Crippen LogP contribution in [-0.4, -0.2) is 42.3 Å². The predicted octanol–water partition coefficient (Wildman–Crippen LogP) is 1.04. The highest BCUT2D eigenvalue weighted by molar-refractivity contribution is 6.06. The lowest BCUT2D eigenvalue weighted by Crippen LogP contribution is -2.17. The molecule has 1 heterocycles. The summed E-state index contributed by atoms with van der Waals surface area (Å²) in [5.41, 5.74) is -2.72. The first-order valence-electron chi connectivity index (χ1n) is 6.80. The van der Waals surface area contributed by atoms with Crippen molar-refractivity contribution in [3.05, 3.63) is 56.9 Å². The van der Waals surface area contributed by atoms with Crippen LogP contribution in [-0.2, 0) is 13.2 Å². The van der Waals surface area contributed by atoms with E-state index in [0.717, 1.165) is 12.1 Å². The molecule has 0 aliphatic heterocycles. The van der Waals surface area contributed by atoms with Gasteiger partial charge in [-0.25, -0.2) is 9.59 Å². The fourth-order valence-corrected chi connectivity index (χ4v) is 2.44. The summed E-state index contributed by atoms with van der Waals surface area (Å²) in [4.78, 5) is 37.2. The Kier molecular flexibility index (Phi) is 5.05. The summed E-state index contributed by atoms with van der Waals surface area (Å²) in [5, 5.41) is 48.6. The van der Waals surface area contributed by atoms with Gasteiger partial charge in [0, 0.05) is 17.7 Å². The van der Waals surface area contributed by atoms with Crippen molar-refractivity contribution >= 4 is 17.6 Å². The van der Waals surface area contributed by atoms with Crippen LogP contribution < -0.4 is 0 Å². The van der Waals surface area contributed by atoms with Crippen LogP contribution in [0.15, 0.2) is 24.3 Å². The molecule has 4 N–H and O–H groups in total. The maximum absolute atomic E-state index is 11.6. The second-order valence-electron chi connectivity index (χ2n) is 4.86. The topological polar surface area (TPSA) is 171 Å². The third kappa shape index (κ3) is 3.29. The average Bonchev–Trinajstić information content (AvgIpc) is 2.59. The number of aliphatic hydroxyl groups is 2. The van der Waals surface area contributed by atoms with Crippen LogP contribution in [0.25, 0.3) is 11.1 Å². The molecule has 10 heteroatoms. The molecule has 0 radical (unpaired) electrons. The fraction of sp³-hybridized carbons (Fsp3) is 0.133. The molecule has 0 spiro atoms. The van der Waals surface area contributed by atoms with Crippen molar-refractivity contribution in [2.24, 2.45) is 0 Å². The number of carboxylic acid groups (broad SMARTS) is 2. The first-order chi connectivity index (χ1) is 11.8. The molecule has 25 heavy (non-hydrogen) atoms. The molecule has 0 saturated carbocycles. The van der Waals surface area contributed by atoms with Crippen molar-refractivity contribution < 1.29 is 34.9 Å². The molecule has 0 aliphatic rings. The van der Waals surface area contributed by atoms with Crippen molar-refractivity contribution in [2.75, 3.05) is 0 Å². The number of carbonyl (C=O) groups is 2. The van der Waals surface area contributed by atoms with Gasteiger partial charge in [0.15, 0.2) is 0 Å². The van der Waals surface area contributed by atoms with E-state index in [1.807, 2.05) is 0 Å². The summed E-state index contributed by atoms with van der Waals surface area (Å²) in [6, 6.07) is 4.73. The minimum absolute atomic E-state index is 0.0594. The van der Waals surface area contributed by atoms with Crippen molar-refractivity contribution in [3.8, 4) is 11.1 Å². The Morgan fingerprint density at radius 2 is 1.56 bits per heavy atom. The van der Waals surface area contributed by atoms with Crippen molar-refractivity contribution in [3.63, 3.8) is 0 Å². The molecule has 1 aromatic carbocycles. The Morgan fingerprint density at radius 3 is 1.96 bits per heavy atom.